The van der Waals surface area contributed by atoms with Crippen molar-refractivity contribution in [1.29, 1.82) is 0 Å². The third kappa shape index (κ3) is 2.12. The van der Waals surface area contributed by atoms with Crippen LogP contribution in [0.3, 0.4) is 0 Å². The van der Waals surface area contributed by atoms with E-state index in [-0.39, 0.29) is 0 Å². The maximum atomic E-state index is 2.47. The molecular weight excluding hydrogens is 144 g/mol. The molecular formula is C12H22. The standard InChI is InChI=1S/C12H22/c1-9(2)11-6-7-12(4,5)8-10(11)3/h8-9,11H,6-7H2,1-5H3. The average Bonchev–Trinajstić information content (AvgIpc) is 1.83. The topological polar surface area (TPSA) is 0 Å². The van der Waals surface area contributed by atoms with Gasteiger partial charge in [-0.1, -0.05) is 39.3 Å². The smallest absolute Gasteiger partial charge is 0.0172 e. The molecule has 1 unspecified atom stereocenters. The van der Waals surface area contributed by atoms with E-state index in [1.807, 2.05) is 0 Å². The number of rotatable bonds is 1. The van der Waals surface area contributed by atoms with Crippen LogP contribution in [0, 0.1) is 17.3 Å². The Morgan fingerprint density at radius 1 is 1.42 bits per heavy atom. The van der Waals surface area contributed by atoms with Gasteiger partial charge in [-0.2, -0.15) is 0 Å². The second-order valence-corrected chi connectivity index (χ2v) is 5.27. The summed E-state index contributed by atoms with van der Waals surface area (Å²) < 4.78 is 0. The van der Waals surface area contributed by atoms with Gasteiger partial charge in [-0.05, 0) is 37.0 Å². The molecule has 0 nitrogen and oxygen atoms in total. The van der Waals surface area contributed by atoms with Gasteiger partial charge in [0.2, 0.25) is 0 Å². The van der Waals surface area contributed by atoms with Gasteiger partial charge in [-0.15, -0.1) is 0 Å². The predicted octanol–water partition coefficient (Wildman–Crippen LogP) is 4.02. The molecule has 0 amide bonds. The number of hydrogen-bond donors (Lipinski definition) is 0. The van der Waals surface area contributed by atoms with Crippen LogP contribution in [0.1, 0.15) is 47.5 Å². The lowest BCUT2D eigenvalue weighted by atomic mass is 9.72. The Bertz CT molecular complexity index is 184. The SMILES string of the molecule is CC1=CC(C)(C)CCC1C(C)C. The largest absolute Gasteiger partial charge is 0.0796 e. The zero-order chi connectivity index (χ0) is 9.35. The molecule has 0 bridgehead atoms. The van der Waals surface area contributed by atoms with Crippen LogP contribution in [-0.2, 0) is 0 Å². The summed E-state index contributed by atoms with van der Waals surface area (Å²) in [6.45, 7) is 11.6. The molecule has 0 radical (unpaired) electrons. The molecule has 0 aromatic rings. The molecule has 0 heteroatoms. The summed E-state index contributed by atoms with van der Waals surface area (Å²) in [6.07, 6.45) is 5.21. The van der Waals surface area contributed by atoms with Gasteiger partial charge < -0.3 is 0 Å². The van der Waals surface area contributed by atoms with Crippen molar-refractivity contribution in [3.8, 4) is 0 Å². The molecule has 0 fully saturated rings. The van der Waals surface area contributed by atoms with Gasteiger partial charge in [-0.25, -0.2) is 0 Å². The minimum Gasteiger partial charge on any atom is -0.0796 e. The van der Waals surface area contributed by atoms with Crippen LogP contribution in [0.4, 0.5) is 0 Å². The zero-order valence-electron chi connectivity index (χ0n) is 9.15. The highest BCUT2D eigenvalue weighted by molar-refractivity contribution is 5.13. The van der Waals surface area contributed by atoms with Gasteiger partial charge in [0, 0.05) is 0 Å². The van der Waals surface area contributed by atoms with Gasteiger partial charge in [0.25, 0.3) is 0 Å². The fourth-order valence-electron chi connectivity index (χ4n) is 2.41. The van der Waals surface area contributed by atoms with Crippen LogP contribution in [-0.4, -0.2) is 0 Å². The Kier molecular flexibility index (Phi) is 2.65. The van der Waals surface area contributed by atoms with E-state index in [1.54, 1.807) is 5.57 Å². The minimum absolute atomic E-state index is 0.454. The Labute approximate surface area is 77.1 Å². The van der Waals surface area contributed by atoms with Crippen LogP contribution < -0.4 is 0 Å². The Hall–Kier alpha value is -0.260. The molecule has 0 spiro atoms. The fraction of sp³-hybridized carbons (Fsp3) is 0.833. The van der Waals surface area contributed by atoms with E-state index in [0.29, 0.717) is 5.41 Å². The maximum Gasteiger partial charge on any atom is -0.0172 e. The Balaban J connectivity index is 2.76. The molecule has 0 aromatic heterocycles. The molecule has 1 aliphatic rings. The van der Waals surface area contributed by atoms with Gasteiger partial charge in [0.15, 0.2) is 0 Å². The van der Waals surface area contributed by atoms with E-state index in [4.69, 9.17) is 0 Å². The third-order valence-electron chi connectivity index (χ3n) is 3.11. The molecule has 0 saturated heterocycles. The van der Waals surface area contributed by atoms with Crippen LogP contribution in [0.15, 0.2) is 11.6 Å². The first-order valence-electron chi connectivity index (χ1n) is 5.12. The monoisotopic (exact) mass is 166 g/mol. The van der Waals surface area contributed by atoms with Crippen LogP contribution in [0.2, 0.25) is 0 Å². The first-order chi connectivity index (χ1) is 5.42. The molecule has 1 atom stereocenters. The molecule has 1 aliphatic carbocycles. The molecule has 0 saturated carbocycles. The lowest BCUT2D eigenvalue weighted by molar-refractivity contribution is 0.301. The summed E-state index contributed by atoms with van der Waals surface area (Å²) >= 11 is 0. The van der Waals surface area contributed by atoms with Gasteiger partial charge in [-0.3, -0.25) is 0 Å². The highest BCUT2D eigenvalue weighted by Crippen LogP contribution is 2.39. The first kappa shape index (κ1) is 9.83. The van der Waals surface area contributed by atoms with Crippen molar-refractivity contribution in [2.24, 2.45) is 17.3 Å². The molecule has 0 N–H and O–H groups in total. The lowest BCUT2D eigenvalue weighted by Gasteiger charge is -2.34. The van der Waals surface area contributed by atoms with Crippen LogP contribution in [0.5, 0.6) is 0 Å². The Morgan fingerprint density at radius 3 is 2.42 bits per heavy atom. The van der Waals surface area contributed by atoms with E-state index < -0.39 is 0 Å². The molecule has 1 rings (SSSR count). The summed E-state index contributed by atoms with van der Waals surface area (Å²) in [5.41, 5.74) is 2.07. The summed E-state index contributed by atoms with van der Waals surface area (Å²) in [4.78, 5) is 0. The minimum atomic E-state index is 0.454. The number of allylic oxidation sites excluding steroid dienone is 2. The lowest BCUT2D eigenvalue weighted by Crippen LogP contribution is -2.22. The second kappa shape index (κ2) is 3.24. The van der Waals surface area contributed by atoms with Crippen molar-refractivity contribution >= 4 is 0 Å². The molecule has 70 valence electrons. The van der Waals surface area contributed by atoms with E-state index in [9.17, 15) is 0 Å². The highest BCUT2D eigenvalue weighted by Gasteiger charge is 2.26. The fourth-order valence-corrected chi connectivity index (χ4v) is 2.41. The molecule has 0 aliphatic heterocycles. The summed E-state index contributed by atoms with van der Waals surface area (Å²) in [5.74, 6) is 1.66. The highest BCUT2D eigenvalue weighted by atomic mass is 14.3. The van der Waals surface area contributed by atoms with Crippen LogP contribution >= 0.6 is 0 Å². The van der Waals surface area contributed by atoms with Crippen molar-refractivity contribution in [1.82, 2.24) is 0 Å². The second-order valence-electron chi connectivity index (χ2n) is 5.27. The summed E-state index contributed by atoms with van der Waals surface area (Å²) in [5, 5.41) is 0. The van der Waals surface area contributed by atoms with Gasteiger partial charge in [0.05, 0.1) is 0 Å². The van der Waals surface area contributed by atoms with Crippen molar-refractivity contribution in [2.75, 3.05) is 0 Å². The molecule has 0 heterocycles. The zero-order valence-corrected chi connectivity index (χ0v) is 9.15. The summed E-state index contributed by atoms with van der Waals surface area (Å²) in [7, 11) is 0. The third-order valence-corrected chi connectivity index (χ3v) is 3.11. The quantitative estimate of drug-likeness (QED) is 0.516. The maximum absolute atomic E-state index is 2.47. The Morgan fingerprint density at radius 2 is 2.00 bits per heavy atom. The molecule has 0 aromatic carbocycles. The van der Waals surface area contributed by atoms with Crippen molar-refractivity contribution < 1.29 is 0 Å². The van der Waals surface area contributed by atoms with E-state index in [2.05, 4.69) is 40.7 Å². The van der Waals surface area contributed by atoms with Gasteiger partial charge >= 0.3 is 0 Å². The normalized spacial score (nSPS) is 28.8. The van der Waals surface area contributed by atoms with E-state index >= 15 is 0 Å². The van der Waals surface area contributed by atoms with Gasteiger partial charge in [0.1, 0.15) is 0 Å². The van der Waals surface area contributed by atoms with Crippen LogP contribution in [0.25, 0.3) is 0 Å². The van der Waals surface area contributed by atoms with E-state index in [1.165, 1.54) is 12.8 Å². The predicted molar refractivity (Wildman–Crippen MR) is 55.1 cm³/mol. The first-order valence-corrected chi connectivity index (χ1v) is 5.12. The van der Waals surface area contributed by atoms with E-state index in [0.717, 1.165) is 11.8 Å². The van der Waals surface area contributed by atoms with Crippen molar-refractivity contribution in [2.45, 2.75) is 47.5 Å². The summed E-state index contributed by atoms with van der Waals surface area (Å²) in [6, 6.07) is 0. The molecule has 12 heavy (non-hydrogen) atoms. The number of hydrogen-bond acceptors (Lipinski definition) is 0. The van der Waals surface area contributed by atoms with Crippen molar-refractivity contribution in [3.63, 3.8) is 0 Å². The van der Waals surface area contributed by atoms with Crippen molar-refractivity contribution in [3.05, 3.63) is 11.6 Å². The average molecular weight is 166 g/mol.